The Morgan fingerprint density at radius 3 is 2.72 bits per heavy atom. The lowest BCUT2D eigenvalue weighted by molar-refractivity contribution is -0.168. The highest BCUT2D eigenvalue weighted by Crippen LogP contribution is 2.54. The maximum Gasteiger partial charge on any atom is 0.340 e. The quantitative estimate of drug-likeness (QED) is 0.789. The van der Waals surface area contributed by atoms with E-state index in [1.165, 1.54) is 13.5 Å². The zero-order chi connectivity index (χ0) is 17.6. The van der Waals surface area contributed by atoms with Gasteiger partial charge in [0.05, 0.1) is 0 Å². The smallest absolute Gasteiger partial charge is 0.340 e. The standard InChI is InChI=1S/C20H25NO4/c1-20-14-9-6-10-15(20)17(18(22)21(20)12-11-14)25-19(23)16(24-2)13-7-4-3-5-8-13/h3-5,7-8,14-17H,6,9-12H2,1-2H3/t14-,15+,16-,17+,20?/m0/s1. The number of amides is 1. The highest BCUT2D eigenvalue weighted by molar-refractivity contribution is 5.89. The first-order valence-corrected chi connectivity index (χ1v) is 9.17. The highest BCUT2D eigenvalue weighted by atomic mass is 16.6. The third kappa shape index (κ3) is 2.40. The monoisotopic (exact) mass is 343 g/mol. The van der Waals surface area contributed by atoms with Gasteiger partial charge < -0.3 is 14.4 Å². The Bertz CT molecular complexity index is 676. The Morgan fingerprint density at radius 1 is 1.24 bits per heavy atom. The van der Waals surface area contributed by atoms with E-state index in [9.17, 15) is 9.59 Å². The van der Waals surface area contributed by atoms with Crippen molar-refractivity contribution in [3.8, 4) is 0 Å². The highest BCUT2D eigenvalue weighted by Gasteiger charge is 2.64. The molecule has 1 aliphatic carbocycles. The second-order valence-corrected chi connectivity index (χ2v) is 7.62. The SMILES string of the molecule is CO[C@H](C(=O)O[C@H]1C(=O)N2CC[C@@H]3CCC[C@H]1C32C)c1ccccc1. The van der Waals surface area contributed by atoms with Crippen molar-refractivity contribution in [3.05, 3.63) is 35.9 Å². The van der Waals surface area contributed by atoms with Crippen LogP contribution < -0.4 is 0 Å². The third-order valence-electron chi connectivity index (χ3n) is 6.60. The molecular weight excluding hydrogens is 318 g/mol. The minimum absolute atomic E-state index is 0.0202. The number of methoxy groups -OCH3 is 1. The number of benzene rings is 1. The summed E-state index contributed by atoms with van der Waals surface area (Å²) in [6, 6.07) is 9.28. The van der Waals surface area contributed by atoms with E-state index in [1.807, 2.05) is 35.2 Å². The molecule has 134 valence electrons. The summed E-state index contributed by atoms with van der Waals surface area (Å²) in [6.45, 7) is 2.97. The van der Waals surface area contributed by atoms with E-state index < -0.39 is 18.2 Å². The van der Waals surface area contributed by atoms with Crippen LogP contribution in [0.5, 0.6) is 0 Å². The molecule has 2 heterocycles. The molecular formula is C20H25NO4. The van der Waals surface area contributed by atoms with Gasteiger partial charge >= 0.3 is 5.97 Å². The van der Waals surface area contributed by atoms with Crippen molar-refractivity contribution in [1.82, 2.24) is 4.90 Å². The van der Waals surface area contributed by atoms with Crippen LogP contribution in [0.15, 0.2) is 30.3 Å². The minimum Gasteiger partial charge on any atom is -0.450 e. The van der Waals surface area contributed by atoms with Gasteiger partial charge in [-0.15, -0.1) is 0 Å². The molecule has 5 nitrogen and oxygen atoms in total. The van der Waals surface area contributed by atoms with Gasteiger partial charge in [0.2, 0.25) is 0 Å². The van der Waals surface area contributed by atoms with Crippen LogP contribution in [0.1, 0.15) is 44.3 Å². The second kappa shape index (κ2) is 6.13. The van der Waals surface area contributed by atoms with Crippen molar-refractivity contribution in [3.63, 3.8) is 0 Å². The second-order valence-electron chi connectivity index (χ2n) is 7.62. The van der Waals surface area contributed by atoms with E-state index in [2.05, 4.69) is 6.92 Å². The lowest BCUT2D eigenvalue weighted by Crippen LogP contribution is -2.48. The maximum absolute atomic E-state index is 12.9. The summed E-state index contributed by atoms with van der Waals surface area (Å²) in [5.41, 5.74) is 0.601. The predicted molar refractivity (Wildman–Crippen MR) is 91.6 cm³/mol. The Balaban J connectivity index is 1.56. The van der Waals surface area contributed by atoms with Crippen LogP contribution in [-0.2, 0) is 19.1 Å². The first-order valence-electron chi connectivity index (χ1n) is 9.17. The number of ether oxygens (including phenoxy) is 2. The molecule has 0 N–H and O–H groups in total. The molecule has 1 aromatic rings. The summed E-state index contributed by atoms with van der Waals surface area (Å²) < 4.78 is 11.1. The summed E-state index contributed by atoms with van der Waals surface area (Å²) in [5.74, 6) is 0.136. The molecule has 5 heteroatoms. The van der Waals surface area contributed by atoms with Crippen LogP contribution in [-0.4, -0.2) is 42.1 Å². The van der Waals surface area contributed by atoms with Crippen molar-refractivity contribution < 1.29 is 19.1 Å². The Labute approximate surface area is 148 Å². The molecule has 1 amide bonds. The number of hydrogen-bond donors (Lipinski definition) is 0. The Hall–Kier alpha value is -1.88. The molecule has 1 saturated carbocycles. The predicted octanol–water partition coefficient (Wildman–Crippen LogP) is 2.71. The van der Waals surface area contributed by atoms with Crippen molar-refractivity contribution in [2.45, 2.75) is 50.4 Å². The van der Waals surface area contributed by atoms with Crippen LogP contribution in [0.25, 0.3) is 0 Å². The summed E-state index contributed by atoms with van der Waals surface area (Å²) in [5, 5.41) is 0. The van der Waals surface area contributed by atoms with E-state index in [4.69, 9.17) is 9.47 Å². The van der Waals surface area contributed by atoms with E-state index in [1.54, 1.807) is 0 Å². The first-order chi connectivity index (χ1) is 12.1. The molecule has 2 saturated heterocycles. The lowest BCUT2D eigenvalue weighted by atomic mass is 9.68. The van der Waals surface area contributed by atoms with Crippen molar-refractivity contribution in [2.75, 3.05) is 13.7 Å². The average molecular weight is 343 g/mol. The maximum atomic E-state index is 12.9. The fourth-order valence-corrected chi connectivity index (χ4v) is 5.30. The van der Waals surface area contributed by atoms with E-state index >= 15 is 0 Å². The Kier molecular flexibility index (Phi) is 4.07. The molecule has 3 aliphatic rings. The largest absolute Gasteiger partial charge is 0.450 e. The van der Waals surface area contributed by atoms with Crippen LogP contribution in [0, 0.1) is 11.8 Å². The normalized spacial score (nSPS) is 34.7. The van der Waals surface area contributed by atoms with Gasteiger partial charge in [-0.25, -0.2) is 4.79 Å². The molecule has 4 rings (SSSR count). The number of hydrogen-bond acceptors (Lipinski definition) is 4. The van der Waals surface area contributed by atoms with Crippen LogP contribution >= 0.6 is 0 Å². The molecule has 3 fully saturated rings. The topological polar surface area (TPSA) is 55.8 Å². The molecule has 25 heavy (non-hydrogen) atoms. The molecule has 0 radical (unpaired) electrons. The van der Waals surface area contributed by atoms with Gasteiger partial charge in [-0.05, 0) is 37.7 Å². The lowest BCUT2D eigenvalue weighted by Gasteiger charge is -2.42. The number of esters is 1. The van der Waals surface area contributed by atoms with Crippen molar-refractivity contribution >= 4 is 11.9 Å². The molecule has 1 aromatic carbocycles. The number of rotatable bonds is 4. The number of carbonyl (C=O) groups is 2. The zero-order valence-corrected chi connectivity index (χ0v) is 14.8. The number of nitrogens with zero attached hydrogens (tertiary/aromatic N) is 1. The third-order valence-corrected chi connectivity index (χ3v) is 6.60. The molecule has 0 bridgehead atoms. The summed E-state index contributed by atoms with van der Waals surface area (Å²) >= 11 is 0. The van der Waals surface area contributed by atoms with E-state index in [0.717, 1.165) is 31.4 Å². The van der Waals surface area contributed by atoms with E-state index in [-0.39, 0.29) is 17.4 Å². The molecule has 0 aromatic heterocycles. The summed E-state index contributed by atoms with van der Waals surface area (Å²) in [4.78, 5) is 27.6. The fourth-order valence-electron chi connectivity index (χ4n) is 5.30. The van der Waals surface area contributed by atoms with Crippen LogP contribution in [0.2, 0.25) is 0 Å². The number of carbonyl (C=O) groups excluding carboxylic acids is 2. The van der Waals surface area contributed by atoms with Crippen LogP contribution in [0.3, 0.4) is 0 Å². The van der Waals surface area contributed by atoms with Gasteiger partial charge in [0.1, 0.15) is 0 Å². The van der Waals surface area contributed by atoms with Gasteiger partial charge in [0.25, 0.3) is 5.91 Å². The first kappa shape index (κ1) is 16.6. The van der Waals surface area contributed by atoms with Gasteiger partial charge in [0, 0.05) is 25.1 Å². The van der Waals surface area contributed by atoms with Gasteiger partial charge in [0.15, 0.2) is 12.2 Å². The zero-order valence-electron chi connectivity index (χ0n) is 14.8. The summed E-state index contributed by atoms with van der Waals surface area (Å²) in [7, 11) is 1.49. The molecule has 1 unspecified atom stereocenters. The van der Waals surface area contributed by atoms with Gasteiger partial charge in [-0.2, -0.15) is 0 Å². The minimum atomic E-state index is -0.795. The van der Waals surface area contributed by atoms with Gasteiger partial charge in [-0.3, -0.25) is 4.79 Å². The van der Waals surface area contributed by atoms with Gasteiger partial charge in [-0.1, -0.05) is 36.8 Å². The molecule has 0 spiro atoms. The Morgan fingerprint density at radius 2 is 2.00 bits per heavy atom. The van der Waals surface area contributed by atoms with Crippen molar-refractivity contribution in [1.29, 1.82) is 0 Å². The van der Waals surface area contributed by atoms with E-state index in [0.29, 0.717) is 5.92 Å². The van der Waals surface area contributed by atoms with Crippen LogP contribution in [0.4, 0.5) is 0 Å². The summed E-state index contributed by atoms with van der Waals surface area (Å²) in [6.07, 6.45) is 2.83. The molecule has 5 atom stereocenters. The van der Waals surface area contributed by atoms with Crippen molar-refractivity contribution in [2.24, 2.45) is 11.8 Å². The fraction of sp³-hybridized carbons (Fsp3) is 0.600. The average Bonchev–Trinajstić information content (AvgIpc) is 3.07. The molecule has 2 aliphatic heterocycles.